The van der Waals surface area contributed by atoms with Crippen molar-refractivity contribution in [3.63, 3.8) is 0 Å². The van der Waals surface area contributed by atoms with E-state index in [4.69, 9.17) is 9.68 Å². The third-order valence-electron chi connectivity index (χ3n) is 3.18. The van der Waals surface area contributed by atoms with E-state index >= 15 is 0 Å². The highest BCUT2D eigenvalue weighted by atomic mass is 16.7. The molecule has 1 saturated heterocycles. The smallest absolute Gasteiger partial charge is 0.101 e. The predicted octanol–water partition coefficient (Wildman–Crippen LogP) is 0.995. The van der Waals surface area contributed by atoms with Crippen molar-refractivity contribution in [1.29, 1.82) is 0 Å². The molecule has 4 nitrogen and oxygen atoms in total. The zero-order chi connectivity index (χ0) is 9.26. The quantitative estimate of drug-likeness (QED) is 0.642. The summed E-state index contributed by atoms with van der Waals surface area (Å²) in [5.74, 6) is 0. The highest BCUT2D eigenvalue weighted by Gasteiger charge is 2.42. The molecular formula is C9H18N2O2. The van der Waals surface area contributed by atoms with Crippen LogP contribution in [0.5, 0.6) is 0 Å². The van der Waals surface area contributed by atoms with Gasteiger partial charge < -0.3 is 9.68 Å². The lowest BCUT2D eigenvalue weighted by Crippen LogP contribution is -2.39. The molecule has 2 atom stereocenters. The number of fused-ring (bicyclic) bond motifs is 1. The molecule has 0 aromatic rings. The van der Waals surface area contributed by atoms with Crippen molar-refractivity contribution in [2.75, 3.05) is 20.9 Å². The van der Waals surface area contributed by atoms with Crippen molar-refractivity contribution >= 4 is 0 Å². The molecule has 4 heteroatoms. The molecule has 0 spiro atoms. The summed E-state index contributed by atoms with van der Waals surface area (Å²) in [6.45, 7) is 0.780. The Morgan fingerprint density at radius 3 is 1.77 bits per heavy atom. The fourth-order valence-electron chi connectivity index (χ4n) is 2.50. The SMILES string of the molecule is CON1CN(OC)C2CCCCC21. The average Bonchev–Trinajstić information content (AvgIpc) is 2.56. The van der Waals surface area contributed by atoms with Crippen LogP contribution in [0.2, 0.25) is 0 Å². The molecule has 0 amide bonds. The van der Waals surface area contributed by atoms with Crippen LogP contribution in [0.3, 0.4) is 0 Å². The van der Waals surface area contributed by atoms with Gasteiger partial charge in [0.25, 0.3) is 0 Å². The normalized spacial score (nSPS) is 36.5. The van der Waals surface area contributed by atoms with Crippen LogP contribution in [0.4, 0.5) is 0 Å². The summed E-state index contributed by atoms with van der Waals surface area (Å²) in [5, 5.41) is 4.07. The summed E-state index contributed by atoms with van der Waals surface area (Å²) in [6, 6.07) is 1.08. The van der Waals surface area contributed by atoms with Crippen LogP contribution in [0, 0.1) is 0 Å². The third-order valence-corrected chi connectivity index (χ3v) is 3.18. The van der Waals surface area contributed by atoms with Gasteiger partial charge in [0.2, 0.25) is 0 Å². The van der Waals surface area contributed by atoms with E-state index in [1.54, 1.807) is 14.2 Å². The summed E-state index contributed by atoms with van der Waals surface area (Å²) in [5.41, 5.74) is 0. The van der Waals surface area contributed by atoms with Gasteiger partial charge >= 0.3 is 0 Å². The van der Waals surface area contributed by atoms with Gasteiger partial charge in [-0.15, -0.1) is 0 Å². The van der Waals surface area contributed by atoms with E-state index in [1.807, 2.05) is 10.1 Å². The van der Waals surface area contributed by atoms with E-state index in [-0.39, 0.29) is 0 Å². The molecule has 2 aliphatic rings. The van der Waals surface area contributed by atoms with E-state index < -0.39 is 0 Å². The Bertz CT molecular complexity index is 159. The Labute approximate surface area is 79.3 Å². The number of hydrogen-bond acceptors (Lipinski definition) is 4. The minimum atomic E-state index is 0.540. The number of rotatable bonds is 2. The van der Waals surface area contributed by atoms with Crippen LogP contribution < -0.4 is 0 Å². The van der Waals surface area contributed by atoms with Crippen LogP contribution in [0.1, 0.15) is 25.7 Å². The van der Waals surface area contributed by atoms with Gasteiger partial charge in [-0.05, 0) is 12.8 Å². The minimum absolute atomic E-state index is 0.540. The molecule has 13 heavy (non-hydrogen) atoms. The third kappa shape index (κ3) is 1.59. The Morgan fingerprint density at radius 1 is 0.923 bits per heavy atom. The van der Waals surface area contributed by atoms with Crippen LogP contribution in [0.25, 0.3) is 0 Å². The molecule has 1 saturated carbocycles. The number of hydroxylamine groups is 4. The lowest BCUT2D eigenvalue weighted by atomic mass is 9.91. The molecule has 2 rings (SSSR count). The van der Waals surface area contributed by atoms with E-state index in [0.717, 1.165) is 6.67 Å². The Morgan fingerprint density at radius 2 is 1.38 bits per heavy atom. The van der Waals surface area contributed by atoms with Gasteiger partial charge in [0.1, 0.15) is 6.67 Å². The van der Waals surface area contributed by atoms with E-state index in [0.29, 0.717) is 12.1 Å². The van der Waals surface area contributed by atoms with Gasteiger partial charge in [-0.25, -0.2) is 0 Å². The molecule has 2 unspecified atom stereocenters. The van der Waals surface area contributed by atoms with E-state index in [1.165, 1.54) is 25.7 Å². The molecule has 0 aromatic heterocycles. The molecule has 1 aliphatic carbocycles. The summed E-state index contributed by atoms with van der Waals surface area (Å²) >= 11 is 0. The highest BCUT2D eigenvalue weighted by molar-refractivity contribution is 4.89. The average molecular weight is 186 g/mol. The molecule has 0 aromatic carbocycles. The Kier molecular flexibility index (Phi) is 2.83. The molecule has 0 bridgehead atoms. The number of hydrogen-bond donors (Lipinski definition) is 0. The standard InChI is InChI=1S/C9H18N2O2/c1-12-10-7-11(13-2)9-6-4-3-5-8(9)10/h8-9H,3-7H2,1-2H3. The topological polar surface area (TPSA) is 24.9 Å². The second kappa shape index (κ2) is 3.92. The Balaban J connectivity index is 2.05. The van der Waals surface area contributed by atoms with Crippen molar-refractivity contribution in [2.24, 2.45) is 0 Å². The minimum Gasteiger partial charge on any atom is -0.301 e. The summed E-state index contributed by atoms with van der Waals surface area (Å²) in [7, 11) is 3.48. The van der Waals surface area contributed by atoms with Gasteiger partial charge in [0, 0.05) is 0 Å². The second-order valence-corrected chi connectivity index (χ2v) is 3.76. The summed E-state index contributed by atoms with van der Waals surface area (Å²) in [6.07, 6.45) is 5.11. The monoisotopic (exact) mass is 186 g/mol. The van der Waals surface area contributed by atoms with E-state index in [9.17, 15) is 0 Å². The predicted molar refractivity (Wildman–Crippen MR) is 48.6 cm³/mol. The molecule has 0 N–H and O–H groups in total. The lowest BCUT2D eigenvalue weighted by Gasteiger charge is -2.30. The molecule has 1 aliphatic heterocycles. The maximum atomic E-state index is 5.32. The fourth-order valence-corrected chi connectivity index (χ4v) is 2.50. The van der Waals surface area contributed by atoms with Crippen molar-refractivity contribution < 1.29 is 9.68 Å². The van der Waals surface area contributed by atoms with Crippen LogP contribution in [-0.2, 0) is 9.68 Å². The van der Waals surface area contributed by atoms with Crippen molar-refractivity contribution in [3.05, 3.63) is 0 Å². The summed E-state index contributed by atoms with van der Waals surface area (Å²) < 4.78 is 0. The molecular weight excluding hydrogens is 168 g/mol. The second-order valence-electron chi connectivity index (χ2n) is 3.76. The fraction of sp³-hybridized carbons (Fsp3) is 1.00. The zero-order valence-electron chi connectivity index (χ0n) is 8.40. The summed E-state index contributed by atoms with van der Waals surface area (Å²) in [4.78, 5) is 10.6. The van der Waals surface area contributed by atoms with Crippen molar-refractivity contribution in [1.82, 2.24) is 10.1 Å². The Hall–Kier alpha value is -0.160. The van der Waals surface area contributed by atoms with Gasteiger partial charge in [0.05, 0.1) is 26.3 Å². The first-order valence-electron chi connectivity index (χ1n) is 4.98. The van der Waals surface area contributed by atoms with Crippen molar-refractivity contribution in [3.8, 4) is 0 Å². The largest absolute Gasteiger partial charge is 0.301 e. The van der Waals surface area contributed by atoms with E-state index in [2.05, 4.69) is 0 Å². The van der Waals surface area contributed by atoms with Crippen LogP contribution in [0.15, 0.2) is 0 Å². The molecule has 76 valence electrons. The lowest BCUT2D eigenvalue weighted by molar-refractivity contribution is -0.191. The highest BCUT2D eigenvalue weighted by Crippen LogP contribution is 2.32. The first-order chi connectivity index (χ1) is 6.36. The maximum Gasteiger partial charge on any atom is 0.101 e. The molecule has 1 heterocycles. The van der Waals surface area contributed by atoms with Gasteiger partial charge in [-0.2, -0.15) is 10.1 Å². The van der Waals surface area contributed by atoms with Gasteiger partial charge in [-0.3, -0.25) is 0 Å². The molecule has 2 fully saturated rings. The van der Waals surface area contributed by atoms with Crippen LogP contribution in [-0.4, -0.2) is 43.1 Å². The van der Waals surface area contributed by atoms with Crippen molar-refractivity contribution in [2.45, 2.75) is 37.8 Å². The number of nitrogens with zero attached hydrogens (tertiary/aromatic N) is 2. The maximum absolute atomic E-state index is 5.32. The van der Waals surface area contributed by atoms with Gasteiger partial charge in [-0.1, -0.05) is 12.8 Å². The van der Waals surface area contributed by atoms with Gasteiger partial charge in [0.15, 0.2) is 0 Å². The first kappa shape index (κ1) is 9.40. The van der Waals surface area contributed by atoms with Crippen LogP contribution >= 0.6 is 0 Å². The first-order valence-corrected chi connectivity index (χ1v) is 4.98. The zero-order valence-corrected chi connectivity index (χ0v) is 8.40. The molecule has 0 radical (unpaired) electrons.